The van der Waals surface area contributed by atoms with Gasteiger partial charge in [-0.05, 0) is 103 Å². The number of Topliss-reactive ketones (excluding diaryl/α,β-unsaturated/α-hetero) is 3. The van der Waals surface area contributed by atoms with Gasteiger partial charge in [0.25, 0.3) is 25.3 Å². The molecule has 0 heterocycles. The van der Waals surface area contributed by atoms with Gasteiger partial charge in [-0.3, -0.25) is 67.1 Å². The van der Waals surface area contributed by atoms with Gasteiger partial charge < -0.3 is 78.0 Å². The summed E-state index contributed by atoms with van der Waals surface area (Å²) in [6.45, 7) is 19.0. The van der Waals surface area contributed by atoms with Gasteiger partial charge in [-0.15, -0.1) is 0 Å². The number of hydrogen-bond acceptors (Lipinski definition) is 32. The summed E-state index contributed by atoms with van der Waals surface area (Å²) in [5.74, 6) is -13.4. The number of ketones is 3. The molecule has 35 nitrogen and oxygen atoms in total. The molecule has 132 heavy (non-hydrogen) atoms. The Hall–Kier alpha value is -11.7. The minimum Gasteiger partial charge on any atom is -0.463 e. The van der Waals surface area contributed by atoms with Crippen LogP contribution in [0, 0.1) is 53.3 Å². The summed E-state index contributed by atoms with van der Waals surface area (Å²) < 4.78 is 52.2. The number of nitrogens with one attached hydrogen (secondary N) is 3. The van der Waals surface area contributed by atoms with Gasteiger partial charge >= 0.3 is 41.8 Å². The first-order chi connectivity index (χ1) is 63.7. The van der Waals surface area contributed by atoms with E-state index in [0.717, 1.165) is 89.9 Å². The molecule has 0 fully saturated rings. The van der Waals surface area contributed by atoms with Crippen molar-refractivity contribution in [3.8, 4) is 0 Å². The van der Waals surface area contributed by atoms with Crippen molar-refractivity contribution >= 4 is 96.3 Å². The molecule has 0 radical (unpaired) electrons. The molecule has 13 unspecified atom stereocenters. The molecule has 730 valence electrons. The maximum absolute atomic E-state index is 14.0. The third-order valence-electron chi connectivity index (χ3n) is 21.6. The highest BCUT2D eigenvalue weighted by molar-refractivity contribution is 5.96. The van der Waals surface area contributed by atoms with Crippen LogP contribution in [0.15, 0.2) is 134 Å². The van der Waals surface area contributed by atoms with Crippen molar-refractivity contribution in [2.75, 3.05) is 53.4 Å². The predicted molar refractivity (Wildman–Crippen MR) is 475 cm³/mol. The summed E-state index contributed by atoms with van der Waals surface area (Å²) in [6.07, 6.45) is 37.0. The molecular weight excluding hydrogens is 1720 g/mol. The number of rotatable bonds is 73. The number of unbranched alkanes of at least 4 members (excludes halogenated alkanes) is 15. The van der Waals surface area contributed by atoms with Crippen LogP contribution >= 0.6 is 0 Å². The lowest BCUT2D eigenvalue weighted by Gasteiger charge is -2.36. The molecule has 13 atom stereocenters. The molecule has 1 aromatic rings. The molecule has 0 spiro atoms. The SMILES string of the molecule is C=C(CCCCCCC1C=CC(C=CCCCC)C(C(=O)NCNC(=O)CC(=O)OCOC(=O)CC(C)=O)C1OC=O)OOCC(COOC(=C)CCCCCCC1C=CC(C=CCCCC)C(C(=O)OCC(=O)NCC(C)=O)C1OC=O)OOC(=C)CCCCCCC1C=CC(C=CCCCC)C(C(=O)OCOC(=O)c2ccc(C(=O)OCOC(=O)CC(C)=O)cc2)C1OC=O. The standard InChI is InChI=1S/C97H135N3O32/c1-10-13-16-28-37-73-43-46-76(90(118-61-101)87(73)93(112)100-60-99-82(107)55-86(111)122-64-121-84(109)53-67(4)104)40-31-22-19-25-34-70(7)129-127-57-81(58-128-130-71(8)35-26-20-23-32-41-77-47-44-74(38-29-17-14-11-2)88(91(77)119-62-102)96(115)117-59-83(108)98-56-69(6)106)132-131-72(9)36-27-21-24-33-42-78-48-45-75(39-30-18-15-12-3)89(92(78)120-63-103)97(116)126-66-125-95(114)80-51-49-79(50-52-80)94(113)124-65-123-85(110)54-68(5)105/h28-30,37-39,43-52,61-63,73-78,81,87-92H,7-27,31-36,40-42,53-60,64-66H2,1-6H3,(H,98,108)(H,99,107)(H,100,112). The highest BCUT2D eigenvalue weighted by atomic mass is 17.2. The molecular formula is C97H135N3O32. The molecule has 4 rings (SSSR count). The lowest BCUT2D eigenvalue weighted by molar-refractivity contribution is -0.369. The second kappa shape index (κ2) is 67.5. The molecule has 3 aliphatic carbocycles. The van der Waals surface area contributed by atoms with Crippen molar-refractivity contribution in [2.45, 2.75) is 259 Å². The summed E-state index contributed by atoms with van der Waals surface area (Å²) in [6, 6.07) is 5.12. The zero-order chi connectivity index (χ0) is 96.6. The summed E-state index contributed by atoms with van der Waals surface area (Å²) >= 11 is 0. The summed E-state index contributed by atoms with van der Waals surface area (Å²) in [5, 5.41) is 7.52. The van der Waals surface area contributed by atoms with Crippen molar-refractivity contribution in [1.82, 2.24) is 16.0 Å². The number of carbonyl (C=O) groups is 16. The lowest BCUT2D eigenvalue weighted by atomic mass is 9.74. The Kier molecular flexibility index (Phi) is 57.5. The Balaban J connectivity index is 1.34. The first-order valence-corrected chi connectivity index (χ1v) is 45.5. The maximum atomic E-state index is 14.0. The second-order valence-electron chi connectivity index (χ2n) is 32.4. The van der Waals surface area contributed by atoms with Gasteiger partial charge in [0, 0.05) is 54.8 Å². The minimum absolute atomic E-state index is 0.00796. The van der Waals surface area contributed by atoms with E-state index < -0.39 is 177 Å². The Morgan fingerprint density at radius 2 is 0.765 bits per heavy atom. The molecule has 1 aromatic carbocycles. The van der Waals surface area contributed by atoms with E-state index in [9.17, 15) is 76.7 Å². The highest BCUT2D eigenvalue weighted by Crippen LogP contribution is 2.40. The number of allylic oxidation sites excluding steroid dienone is 12. The summed E-state index contributed by atoms with van der Waals surface area (Å²) in [7, 11) is 0. The van der Waals surface area contributed by atoms with Crippen molar-refractivity contribution in [2.24, 2.45) is 53.3 Å². The molecule has 3 aliphatic rings. The average molecular weight is 1860 g/mol. The Morgan fingerprint density at radius 3 is 1.17 bits per heavy atom. The number of ether oxygens (including phenoxy) is 10. The molecule has 3 N–H and O–H groups in total. The van der Waals surface area contributed by atoms with Crippen LogP contribution in [0.25, 0.3) is 0 Å². The zero-order valence-corrected chi connectivity index (χ0v) is 77.0. The molecule has 35 heteroatoms. The van der Waals surface area contributed by atoms with Gasteiger partial charge in [-0.25, -0.2) is 9.59 Å². The number of esters is 7. The van der Waals surface area contributed by atoms with Gasteiger partial charge in [0.05, 0.1) is 30.3 Å². The average Bonchev–Trinajstić information content (AvgIpc) is 0.812. The van der Waals surface area contributed by atoms with E-state index in [-0.39, 0.29) is 66.9 Å². The van der Waals surface area contributed by atoms with Crippen LogP contribution < -0.4 is 16.0 Å². The molecule has 0 saturated heterocycles. The monoisotopic (exact) mass is 1850 g/mol. The Morgan fingerprint density at radius 1 is 0.394 bits per heavy atom. The Labute approximate surface area is 772 Å². The van der Waals surface area contributed by atoms with Crippen LogP contribution in [0.5, 0.6) is 0 Å². The van der Waals surface area contributed by atoms with Crippen LogP contribution in [0.1, 0.15) is 255 Å². The predicted octanol–water partition coefficient (Wildman–Crippen LogP) is 13.7. The fraction of sp³-hybridized carbons (Fsp3) is 0.588. The zero-order valence-electron chi connectivity index (χ0n) is 77.0. The first kappa shape index (κ1) is 113. The third kappa shape index (κ3) is 46.9. The topological polar surface area (TPSA) is 457 Å². The fourth-order valence-corrected chi connectivity index (χ4v) is 14.7. The van der Waals surface area contributed by atoms with Gasteiger partial charge in [-0.1, -0.05) is 210 Å². The number of amides is 3. The van der Waals surface area contributed by atoms with E-state index in [0.29, 0.717) is 114 Å². The van der Waals surface area contributed by atoms with E-state index >= 15 is 0 Å². The van der Waals surface area contributed by atoms with Crippen LogP contribution in [0.3, 0.4) is 0 Å². The van der Waals surface area contributed by atoms with Crippen LogP contribution in [-0.4, -0.2) is 174 Å². The van der Waals surface area contributed by atoms with E-state index in [4.69, 9.17) is 72.0 Å². The molecule has 0 bridgehead atoms. The summed E-state index contributed by atoms with van der Waals surface area (Å²) in [4.78, 5) is 231. The first-order valence-electron chi connectivity index (χ1n) is 45.5. The van der Waals surface area contributed by atoms with E-state index in [1.54, 1.807) is 0 Å². The smallest absolute Gasteiger partial charge is 0.340 e. The van der Waals surface area contributed by atoms with Gasteiger partial charge in [0.1, 0.15) is 97.3 Å². The van der Waals surface area contributed by atoms with Crippen LogP contribution in [-0.2, 0) is 144 Å². The van der Waals surface area contributed by atoms with E-state index in [1.807, 2.05) is 72.9 Å². The third-order valence-corrected chi connectivity index (χ3v) is 21.6. The van der Waals surface area contributed by atoms with Gasteiger partial charge in [-0.2, -0.15) is 14.7 Å². The quantitative estimate of drug-likeness (QED) is 0.00521. The fourth-order valence-electron chi connectivity index (χ4n) is 14.7. The van der Waals surface area contributed by atoms with Crippen molar-refractivity contribution < 1.29 is 153 Å². The molecule has 3 amide bonds. The molecule has 0 aliphatic heterocycles. The molecule has 0 saturated carbocycles. The lowest BCUT2D eigenvalue weighted by Crippen LogP contribution is -2.49. The summed E-state index contributed by atoms with van der Waals surface area (Å²) in [5.41, 5.74) is 0.0232. The van der Waals surface area contributed by atoms with Crippen molar-refractivity contribution in [3.63, 3.8) is 0 Å². The number of benzene rings is 1. The highest BCUT2D eigenvalue weighted by Gasteiger charge is 2.45. The maximum Gasteiger partial charge on any atom is 0.340 e. The van der Waals surface area contributed by atoms with Gasteiger partial charge in [0.2, 0.25) is 32.2 Å². The Bertz CT molecular complexity index is 4030. The van der Waals surface area contributed by atoms with E-state index in [2.05, 4.69) is 61.2 Å². The number of hydrogen-bond donors (Lipinski definition) is 3. The normalized spacial score (nSPS) is 19.7. The largest absolute Gasteiger partial charge is 0.463 e. The minimum atomic E-state index is -1.02. The number of carbonyl (C=O) groups excluding carboxylic acids is 16. The van der Waals surface area contributed by atoms with E-state index in [1.165, 1.54) is 45.0 Å². The molecule has 0 aromatic heterocycles. The van der Waals surface area contributed by atoms with Crippen LogP contribution in [0.4, 0.5) is 0 Å². The van der Waals surface area contributed by atoms with Crippen molar-refractivity contribution in [1.29, 1.82) is 0 Å². The van der Waals surface area contributed by atoms with Gasteiger partial charge in [0.15, 0.2) is 12.7 Å². The van der Waals surface area contributed by atoms with Crippen LogP contribution in [0.2, 0.25) is 0 Å². The second-order valence-corrected chi connectivity index (χ2v) is 32.4. The van der Waals surface area contributed by atoms with Crippen molar-refractivity contribution in [3.05, 3.63) is 145 Å².